The van der Waals surface area contributed by atoms with E-state index < -0.39 is 0 Å². The molecule has 8 heteroatoms. The van der Waals surface area contributed by atoms with Gasteiger partial charge in [-0.05, 0) is 38.0 Å². The van der Waals surface area contributed by atoms with Crippen LogP contribution in [0.2, 0.25) is 0 Å². The van der Waals surface area contributed by atoms with Crippen molar-refractivity contribution in [1.82, 2.24) is 24.9 Å². The Morgan fingerprint density at radius 3 is 2.96 bits per heavy atom. The van der Waals surface area contributed by atoms with E-state index in [1.54, 1.807) is 4.52 Å². The van der Waals surface area contributed by atoms with Crippen LogP contribution in [0.1, 0.15) is 23.4 Å². The fourth-order valence-corrected chi connectivity index (χ4v) is 3.24. The smallest absolute Gasteiger partial charge is 0.252 e. The highest BCUT2D eigenvalue weighted by molar-refractivity contribution is 5.76. The normalized spacial score (nSPS) is 15.7. The summed E-state index contributed by atoms with van der Waals surface area (Å²) in [5.74, 6) is 1.99. The number of rotatable bonds is 5. The van der Waals surface area contributed by atoms with Crippen LogP contribution in [0.3, 0.4) is 0 Å². The Kier molecular flexibility index (Phi) is 4.62. The summed E-state index contributed by atoms with van der Waals surface area (Å²) in [6.45, 7) is 4.72. The second-order valence-corrected chi connectivity index (χ2v) is 6.53. The molecule has 1 aliphatic rings. The van der Waals surface area contributed by atoms with Gasteiger partial charge < -0.3 is 14.8 Å². The molecule has 1 aliphatic heterocycles. The first-order valence-corrected chi connectivity index (χ1v) is 8.93. The first-order chi connectivity index (χ1) is 13.1. The summed E-state index contributed by atoms with van der Waals surface area (Å²) < 4.78 is 13.2. The van der Waals surface area contributed by atoms with Crippen molar-refractivity contribution in [3.63, 3.8) is 0 Å². The SMILES string of the molecule is Cc1nc2ncnn2c(C)c1CCC(=O)NC[C@@H]1COc2ccccc2O1. The molecule has 0 aliphatic carbocycles. The largest absolute Gasteiger partial charge is 0.486 e. The van der Waals surface area contributed by atoms with E-state index in [1.807, 2.05) is 38.1 Å². The molecule has 0 fully saturated rings. The van der Waals surface area contributed by atoms with E-state index in [0.717, 1.165) is 22.7 Å². The first-order valence-electron chi connectivity index (χ1n) is 8.93. The molecule has 0 radical (unpaired) electrons. The van der Waals surface area contributed by atoms with E-state index in [4.69, 9.17) is 9.47 Å². The van der Waals surface area contributed by atoms with Crippen LogP contribution in [0, 0.1) is 13.8 Å². The van der Waals surface area contributed by atoms with E-state index in [2.05, 4.69) is 20.4 Å². The summed E-state index contributed by atoms with van der Waals surface area (Å²) in [4.78, 5) is 20.8. The number of carbonyl (C=O) groups excluding carboxylic acids is 1. The van der Waals surface area contributed by atoms with E-state index in [-0.39, 0.29) is 12.0 Å². The van der Waals surface area contributed by atoms with E-state index in [9.17, 15) is 4.79 Å². The number of nitrogens with one attached hydrogen (secondary N) is 1. The second kappa shape index (κ2) is 7.22. The molecule has 3 heterocycles. The molecule has 27 heavy (non-hydrogen) atoms. The van der Waals surface area contributed by atoms with Gasteiger partial charge in [-0.2, -0.15) is 10.1 Å². The fraction of sp³-hybridized carbons (Fsp3) is 0.368. The van der Waals surface area contributed by atoms with Crippen molar-refractivity contribution in [3.8, 4) is 11.5 Å². The van der Waals surface area contributed by atoms with Gasteiger partial charge in [-0.1, -0.05) is 12.1 Å². The minimum Gasteiger partial charge on any atom is -0.486 e. The van der Waals surface area contributed by atoms with Gasteiger partial charge in [0.15, 0.2) is 11.5 Å². The molecule has 1 aromatic carbocycles. The standard InChI is InChI=1S/C19H21N5O3/c1-12-15(13(2)24-19(23-12)21-11-22-24)7-8-18(25)20-9-14-10-26-16-5-3-4-6-17(16)27-14/h3-6,11,14H,7-10H2,1-2H3,(H,20,25)/t14-/m1/s1. The number of fused-ring (bicyclic) bond motifs is 2. The Labute approximate surface area is 156 Å². The Morgan fingerprint density at radius 2 is 2.11 bits per heavy atom. The Balaban J connectivity index is 1.32. The quantitative estimate of drug-likeness (QED) is 0.737. The molecule has 0 spiro atoms. The zero-order valence-corrected chi connectivity index (χ0v) is 15.3. The zero-order valence-electron chi connectivity index (χ0n) is 15.3. The van der Waals surface area contributed by atoms with Crippen LogP contribution in [0.15, 0.2) is 30.6 Å². The van der Waals surface area contributed by atoms with Crippen molar-refractivity contribution in [1.29, 1.82) is 0 Å². The van der Waals surface area contributed by atoms with Gasteiger partial charge in [0.25, 0.3) is 5.78 Å². The average molecular weight is 367 g/mol. The summed E-state index contributed by atoms with van der Waals surface area (Å²) in [5, 5.41) is 7.10. The monoisotopic (exact) mass is 367 g/mol. The maximum atomic E-state index is 12.3. The second-order valence-electron chi connectivity index (χ2n) is 6.53. The number of hydrogen-bond donors (Lipinski definition) is 1. The highest BCUT2D eigenvalue weighted by atomic mass is 16.6. The maximum absolute atomic E-state index is 12.3. The molecule has 4 rings (SSSR count). The number of carbonyl (C=O) groups is 1. The fourth-order valence-electron chi connectivity index (χ4n) is 3.24. The van der Waals surface area contributed by atoms with Crippen LogP contribution in [-0.4, -0.2) is 44.7 Å². The number of amides is 1. The summed E-state index contributed by atoms with van der Waals surface area (Å²) in [7, 11) is 0. The number of hydrogen-bond acceptors (Lipinski definition) is 6. The molecule has 2 aromatic heterocycles. The number of benzene rings is 1. The van der Waals surface area contributed by atoms with Crippen LogP contribution in [0.4, 0.5) is 0 Å². The van der Waals surface area contributed by atoms with Crippen LogP contribution in [0.5, 0.6) is 11.5 Å². The number of ether oxygens (including phenoxy) is 2. The topological polar surface area (TPSA) is 90.6 Å². The predicted octanol–water partition coefficient (Wildman–Crippen LogP) is 1.63. The van der Waals surface area contributed by atoms with Crippen molar-refractivity contribution < 1.29 is 14.3 Å². The maximum Gasteiger partial charge on any atom is 0.252 e. The van der Waals surface area contributed by atoms with Gasteiger partial charge in [0.05, 0.1) is 6.54 Å². The van der Waals surface area contributed by atoms with Gasteiger partial charge in [0.1, 0.15) is 19.0 Å². The molecular weight excluding hydrogens is 346 g/mol. The van der Waals surface area contributed by atoms with Crippen LogP contribution in [0.25, 0.3) is 5.78 Å². The lowest BCUT2D eigenvalue weighted by Crippen LogP contribution is -2.40. The van der Waals surface area contributed by atoms with Gasteiger partial charge in [-0.15, -0.1) is 0 Å². The van der Waals surface area contributed by atoms with E-state index in [1.165, 1.54) is 6.33 Å². The molecular formula is C19H21N5O3. The Hall–Kier alpha value is -3.16. The van der Waals surface area contributed by atoms with Gasteiger partial charge >= 0.3 is 0 Å². The van der Waals surface area contributed by atoms with Crippen LogP contribution >= 0.6 is 0 Å². The minimum absolute atomic E-state index is 0.0325. The third kappa shape index (κ3) is 3.55. The highest BCUT2D eigenvalue weighted by Crippen LogP contribution is 2.30. The van der Waals surface area contributed by atoms with Gasteiger partial charge in [0, 0.05) is 17.8 Å². The molecule has 140 valence electrons. The van der Waals surface area contributed by atoms with Gasteiger partial charge in [-0.3, -0.25) is 4.79 Å². The lowest BCUT2D eigenvalue weighted by Gasteiger charge is -2.26. The number of aromatic nitrogens is 4. The molecule has 0 unspecified atom stereocenters. The van der Waals surface area contributed by atoms with Crippen molar-refractivity contribution in [3.05, 3.63) is 47.5 Å². The first kappa shape index (κ1) is 17.3. The van der Waals surface area contributed by atoms with Crippen molar-refractivity contribution >= 4 is 11.7 Å². The summed E-state index contributed by atoms with van der Waals surface area (Å²) in [6, 6.07) is 7.53. The van der Waals surface area contributed by atoms with E-state index >= 15 is 0 Å². The molecule has 8 nitrogen and oxygen atoms in total. The molecule has 0 saturated heterocycles. The van der Waals surface area contributed by atoms with Gasteiger partial charge in [0.2, 0.25) is 5.91 Å². The summed E-state index contributed by atoms with van der Waals surface area (Å²) in [6.07, 6.45) is 2.25. The Bertz CT molecular complexity index is 985. The molecule has 1 N–H and O–H groups in total. The molecule has 0 saturated carbocycles. The number of aryl methyl sites for hydroxylation is 2. The summed E-state index contributed by atoms with van der Waals surface area (Å²) in [5.41, 5.74) is 2.86. The number of para-hydroxylation sites is 2. The third-order valence-corrected chi connectivity index (χ3v) is 4.69. The van der Waals surface area contributed by atoms with Crippen molar-refractivity contribution in [2.45, 2.75) is 32.8 Å². The van der Waals surface area contributed by atoms with E-state index in [0.29, 0.717) is 37.5 Å². The predicted molar refractivity (Wildman–Crippen MR) is 97.9 cm³/mol. The molecule has 3 aromatic rings. The zero-order chi connectivity index (χ0) is 18.8. The molecule has 1 atom stereocenters. The van der Waals surface area contributed by atoms with Crippen molar-refractivity contribution in [2.24, 2.45) is 0 Å². The summed E-state index contributed by atoms with van der Waals surface area (Å²) >= 11 is 0. The van der Waals surface area contributed by atoms with Crippen molar-refractivity contribution in [2.75, 3.05) is 13.2 Å². The Morgan fingerprint density at radius 1 is 1.30 bits per heavy atom. The lowest BCUT2D eigenvalue weighted by atomic mass is 10.1. The highest BCUT2D eigenvalue weighted by Gasteiger charge is 2.21. The minimum atomic E-state index is -0.194. The van der Waals surface area contributed by atoms with Crippen LogP contribution in [-0.2, 0) is 11.2 Å². The molecule has 0 bridgehead atoms. The lowest BCUT2D eigenvalue weighted by molar-refractivity contribution is -0.121. The van der Waals surface area contributed by atoms with Crippen LogP contribution < -0.4 is 14.8 Å². The van der Waals surface area contributed by atoms with Gasteiger partial charge in [-0.25, -0.2) is 9.50 Å². The molecule has 1 amide bonds. The number of nitrogens with zero attached hydrogens (tertiary/aromatic N) is 4. The third-order valence-electron chi connectivity index (χ3n) is 4.69. The average Bonchev–Trinajstić information content (AvgIpc) is 3.14.